The molecule has 0 atom stereocenters. The van der Waals surface area contributed by atoms with Gasteiger partial charge in [-0.15, -0.1) is 0 Å². The number of aromatic hydroxyl groups is 1. The van der Waals surface area contributed by atoms with E-state index in [4.69, 9.17) is 0 Å². The average molecular weight is 285 g/mol. The second-order valence-electron chi connectivity index (χ2n) is 4.64. The second-order valence-corrected chi connectivity index (χ2v) is 6.34. The minimum Gasteiger partial charge on any atom is -0.507 e. The summed E-state index contributed by atoms with van der Waals surface area (Å²) in [6, 6.07) is 2.29. The van der Waals surface area contributed by atoms with Crippen LogP contribution < -0.4 is 0 Å². The highest BCUT2D eigenvalue weighted by Gasteiger charge is 2.19. The fourth-order valence-corrected chi connectivity index (χ4v) is 3.25. The maximum atomic E-state index is 13.5. The monoisotopic (exact) mass is 285 g/mol. The first-order valence-electron chi connectivity index (χ1n) is 6.07. The van der Waals surface area contributed by atoms with Crippen molar-refractivity contribution in [1.82, 2.24) is 4.90 Å². The molecule has 104 valence electrons. The first kappa shape index (κ1) is 14.1. The van der Waals surface area contributed by atoms with E-state index in [1.54, 1.807) is 0 Å². The molecular formula is C13H16FNO3S. The standard InChI is InChI=1S/C13H16FNO3S/c1-9(16)12-7-11(14)6-10(13(12)17)8-15-2-4-19(18)5-3-15/h6-7,17H,2-5,8H2,1H3. The molecule has 0 saturated carbocycles. The molecule has 6 heteroatoms. The van der Waals surface area contributed by atoms with E-state index in [1.807, 2.05) is 4.90 Å². The van der Waals surface area contributed by atoms with Gasteiger partial charge in [0, 0.05) is 47.5 Å². The van der Waals surface area contributed by atoms with Gasteiger partial charge in [-0.2, -0.15) is 0 Å². The van der Waals surface area contributed by atoms with Crippen molar-refractivity contribution in [2.45, 2.75) is 13.5 Å². The molecule has 4 nitrogen and oxygen atoms in total. The third-order valence-corrected chi connectivity index (χ3v) is 4.47. The molecule has 0 radical (unpaired) electrons. The smallest absolute Gasteiger partial charge is 0.163 e. The third kappa shape index (κ3) is 3.39. The molecule has 0 spiro atoms. The van der Waals surface area contributed by atoms with Crippen molar-refractivity contribution in [3.05, 3.63) is 29.1 Å². The highest BCUT2D eigenvalue weighted by Crippen LogP contribution is 2.26. The Morgan fingerprint density at radius 2 is 2.05 bits per heavy atom. The summed E-state index contributed by atoms with van der Waals surface area (Å²) >= 11 is 0. The van der Waals surface area contributed by atoms with Crippen LogP contribution in [0, 0.1) is 5.82 Å². The first-order chi connectivity index (χ1) is 8.97. The van der Waals surface area contributed by atoms with Crippen LogP contribution in [0.2, 0.25) is 0 Å². The van der Waals surface area contributed by atoms with E-state index in [9.17, 15) is 18.5 Å². The van der Waals surface area contributed by atoms with Gasteiger partial charge in [-0.3, -0.25) is 13.9 Å². The van der Waals surface area contributed by atoms with Crippen molar-refractivity contribution in [2.75, 3.05) is 24.6 Å². The molecule has 0 aliphatic carbocycles. The predicted octanol–water partition coefficient (Wildman–Crippen LogP) is 1.30. The van der Waals surface area contributed by atoms with Crippen molar-refractivity contribution >= 4 is 16.6 Å². The molecule has 0 aromatic heterocycles. The highest BCUT2D eigenvalue weighted by molar-refractivity contribution is 7.85. The van der Waals surface area contributed by atoms with Crippen molar-refractivity contribution in [1.29, 1.82) is 0 Å². The van der Waals surface area contributed by atoms with Crippen LogP contribution in [0.4, 0.5) is 4.39 Å². The molecular weight excluding hydrogens is 269 g/mol. The van der Waals surface area contributed by atoms with Crippen LogP contribution in [0.15, 0.2) is 12.1 Å². The molecule has 1 aromatic rings. The van der Waals surface area contributed by atoms with Gasteiger partial charge in [0.05, 0.1) is 5.56 Å². The van der Waals surface area contributed by atoms with E-state index < -0.39 is 16.6 Å². The van der Waals surface area contributed by atoms with Crippen molar-refractivity contribution in [3.8, 4) is 5.75 Å². The number of carbonyl (C=O) groups excluding carboxylic acids is 1. The van der Waals surface area contributed by atoms with Crippen LogP contribution in [0.5, 0.6) is 5.75 Å². The molecule has 0 bridgehead atoms. The van der Waals surface area contributed by atoms with Crippen molar-refractivity contribution < 1.29 is 18.5 Å². The lowest BCUT2D eigenvalue weighted by Gasteiger charge is -2.26. The Morgan fingerprint density at radius 1 is 1.42 bits per heavy atom. The molecule has 0 unspecified atom stereocenters. The van der Waals surface area contributed by atoms with Crippen LogP contribution in [0.1, 0.15) is 22.8 Å². The average Bonchev–Trinajstić information content (AvgIpc) is 2.35. The van der Waals surface area contributed by atoms with Crippen LogP contribution in [-0.4, -0.2) is 44.6 Å². The van der Waals surface area contributed by atoms with Crippen molar-refractivity contribution in [3.63, 3.8) is 0 Å². The van der Waals surface area contributed by atoms with Gasteiger partial charge in [-0.1, -0.05) is 0 Å². The number of phenolic OH excluding ortho intramolecular Hbond substituents is 1. The predicted molar refractivity (Wildman–Crippen MR) is 71.2 cm³/mol. The van der Waals surface area contributed by atoms with E-state index >= 15 is 0 Å². The molecule has 1 aliphatic rings. The topological polar surface area (TPSA) is 57.6 Å². The maximum absolute atomic E-state index is 13.5. The summed E-state index contributed by atoms with van der Waals surface area (Å²) in [5.74, 6) is 0.142. The lowest BCUT2D eigenvalue weighted by molar-refractivity contribution is 0.101. The zero-order valence-corrected chi connectivity index (χ0v) is 11.5. The van der Waals surface area contributed by atoms with Gasteiger partial charge in [0.15, 0.2) is 5.78 Å². The van der Waals surface area contributed by atoms with E-state index in [1.165, 1.54) is 13.0 Å². The van der Waals surface area contributed by atoms with Gasteiger partial charge < -0.3 is 5.11 Å². The van der Waals surface area contributed by atoms with E-state index in [0.717, 1.165) is 6.07 Å². The Labute approximate surface area is 113 Å². The van der Waals surface area contributed by atoms with Gasteiger partial charge >= 0.3 is 0 Å². The number of Topliss-reactive ketones (excluding diaryl/α,β-unsaturated/α-hetero) is 1. The van der Waals surface area contributed by atoms with Gasteiger partial charge in [-0.25, -0.2) is 4.39 Å². The zero-order valence-electron chi connectivity index (χ0n) is 10.7. The zero-order chi connectivity index (χ0) is 14.0. The Hall–Kier alpha value is -1.27. The van der Waals surface area contributed by atoms with E-state index in [0.29, 0.717) is 36.7 Å². The fourth-order valence-electron chi connectivity index (χ4n) is 2.12. The summed E-state index contributed by atoms with van der Waals surface area (Å²) in [6.07, 6.45) is 0. The summed E-state index contributed by atoms with van der Waals surface area (Å²) in [5.41, 5.74) is 0.411. The number of hydrogen-bond donors (Lipinski definition) is 1. The molecule has 1 heterocycles. The Kier molecular flexibility index (Phi) is 4.31. The Morgan fingerprint density at radius 3 is 2.63 bits per heavy atom. The molecule has 2 rings (SSSR count). The van der Waals surface area contributed by atoms with Gasteiger partial charge in [0.25, 0.3) is 0 Å². The quantitative estimate of drug-likeness (QED) is 0.851. The summed E-state index contributed by atoms with van der Waals surface area (Å²) < 4.78 is 24.7. The maximum Gasteiger partial charge on any atom is 0.163 e. The minimum absolute atomic E-state index is 0.00980. The molecule has 1 aromatic carbocycles. The Balaban J connectivity index is 2.20. The van der Waals surface area contributed by atoms with Crippen molar-refractivity contribution in [2.24, 2.45) is 0 Å². The lowest BCUT2D eigenvalue weighted by Crippen LogP contribution is -2.37. The van der Waals surface area contributed by atoms with Gasteiger partial charge in [0.1, 0.15) is 11.6 Å². The molecule has 1 N–H and O–H groups in total. The van der Waals surface area contributed by atoms with Gasteiger partial charge in [0.2, 0.25) is 0 Å². The summed E-state index contributed by atoms with van der Waals surface area (Å²) in [7, 11) is -0.773. The Bertz CT molecular complexity index is 523. The molecule has 1 fully saturated rings. The number of hydrogen-bond acceptors (Lipinski definition) is 4. The number of ketones is 1. The number of nitrogens with zero attached hydrogens (tertiary/aromatic N) is 1. The fraction of sp³-hybridized carbons (Fsp3) is 0.462. The summed E-state index contributed by atoms with van der Waals surface area (Å²) in [4.78, 5) is 13.3. The largest absolute Gasteiger partial charge is 0.507 e. The van der Waals surface area contributed by atoms with E-state index in [2.05, 4.69) is 0 Å². The van der Waals surface area contributed by atoms with Crippen LogP contribution in [0.3, 0.4) is 0 Å². The summed E-state index contributed by atoms with van der Waals surface area (Å²) in [5, 5.41) is 9.99. The van der Waals surface area contributed by atoms with Crippen LogP contribution >= 0.6 is 0 Å². The molecule has 0 amide bonds. The highest BCUT2D eigenvalue weighted by atomic mass is 32.2. The minimum atomic E-state index is -0.773. The number of halogens is 1. The first-order valence-corrected chi connectivity index (χ1v) is 7.56. The number of rotatable bonds is 3. The molecule has 19 heavy (non-hydrogen) atoms. The number of benzene rings is 1. The third-order valence-electron chi connectivity index (χ3n) is 3.20. The SMILES string of the molecule is CC(=O)c1cc(F)cc(CN2CCS(=O)CC2)c1O. The normalized spacial score (nSPS) is 17.6. The van der Waals surface area contributed by atoms with Crippen LogP contribution in [0.25, 0.3) is 0 Å². The molecule has 1 saturated heterocycles. The summed E-state index contributed by atoms with van der Waals surface area (Å²) in [6.45, 7) is 2.96. The lowest BCUT2D eigenvalue weighted by atomic mass is 10.0. The van der Waals surface area contributed by atoms with Crippen LogP contribution in [-0.2, 0) is 17.3 Å². The molecule has 1 aliphatic heterocycles. The van der Waals surface area contributed by atoms with Gasteiger partial charge in [-0.05, 0) is 19.1 Å². The van der Waals surface area contributed by atoms with E-state index in [-0.39, 0.29) is 17.1 Å². The second kappa shape index (κ2) is 5.79. The number of phenols is 1. The number of carbonyl (C=O) groups is 1.